The summed E-state index contributed by atoms with van der Waals surface area (Å²) in [6, 6.07) is 15.9. The van der Waals surface area contributed by atoms with Gasteiger partial charge >= 0.3 is 0 Å². The predicted octanol–water partition coefficient (Wildman–Crippen LogP) is 2.90. The Morgan fingerprint density at radius 2 is 1.89 bits per heavy atom. The first-order valence-corrected chi connectivity index (χ1v) is 6.00. The zero-order valence-electron chi connectivity index (χ0n) is 10.8. The molecule has 0 aliphatic rings. The zero-order valence-corrected chi connectivity index (χ0v) is 10.8. The number of hydrogen-bond donors (Lipinski definition) is 1. The van der Waals surface area contributed by atoms with Gasteiger partial charge in [0.25, 0.3) is 0 Å². The van der Waals surface area contributed by atoms with Crippen LogP contribution in [-0.2, 0) is 6.54 Å². The second kappa shape index (κ2) is 6.00. The maximum atomic E-state index is 13.1. The first kappa shape index (κ1) is 13.1. The Morgan fingerprint density at radius 3 is 2.58 bits per heavy atom. The summed E-state index contributed by atoms with van der Waals surface area (Å²) < 4.78 is 13.1. The first-order valence-electron chi connectivity index (χ1n) is 6.00. The molecular formula is C15H16FN3. The van der Waals surface area contributed by atoms with Gasteiger partial charge in [-0.2, -0.15) is 0 Å². The molecule has 2 aromatic rings. The summed E-state index contributed by atoms with van der Waals surface area (Å²) in [7, 11) is 1.83. The minimum absolute atomic E-state index is 0.246. The SMILES string of the molecule is CN(Cc1cccc(F)c1)C(N)=Nc1ccccc1. The lowest BCUT2D eigenvalue weighted by atomic mass is 10.2. The highest BCUT2D eigenvalue weighted by Crippen LogP contribution is 2.11. The van der Waals surface area contributed by atoms with Crippen LogP contribution in [0.4, 0.5) is 10.1 Å². The van der Waals surface area contributed by atoms with E-state index < -0.39 is 0 Å². The Morgan fingerprint density at radius 1 is 1.16 bits per heavy atom. The molecule has 0 unspecified atom stereocenters. The lowest BCUT2D eigenvalue weighted by Gasteiger charge is -2.18. The van der Waals surface area contributed by atoms with Crippen LogP contribution in [0.15, 0.2) is 59.6 Å². The molecule has 0 spiro atoms. The average Bonchev–Trinajstić information content (AvgIpc) is 2.40. The third kappa shape index (κ3) is 3.81. The number of aliphatic imine (C=N–C) groups is 1. The lowest BCUT2D eigenvalue weighted by Crippen LogP contribution is -2.33. The second-order valence-electron chi connectivity index (χ2n) is 4.29. The molecule has 2 rings (SSSR count). The molecule has 2 N–H and O–H groups in total. The maximum absolute atomic E-state index is 13.1. The fourth-order valence-electron chi connectivity index (χ4n) is 1.71. The highest BCUT2D eigenvalue weighted by molar-refractivity contribution is 5.80. The van der Waals surface area contributed by atoms with E-state index in [2.05, 4.69) is 4.99 Å². The molecule has 0 saturated heterocycles. The van der Waals surface area contributed by atoms with Gasteiger partial charge in [-0.25, -0.2) is 9.38 Å². The Labute approximate surface area is 112 Å². The molecule has 0 amide bonds. The standard InChI is InChI=1S/C15H16FN3/c1-19(11-12-6-5-7-13(16)10-12)15(17)18-14-8-3-2-4-9-14/h2-10H,11H2,1H3,(H2,17,18). The highest BCUT2D eigenvalue weighted by Gasteiger charge is 2.04. The summed E-state index contributed by atoms with van der Waals surface area (Å²) in [4.78, 5) is 6.08. The van der Waals surface area contributed by atoms with Crippen molar-refractivity contribution in [1.29, 1.82) is 0 Å². The van der Waals surface area contributed by atoms with Crippen LogP contribution in [-0.4, -0.2) is 17.9 Å². The van der Waals surface area contributed by atoms with Gasteiger partial charge in [-0.15, -0.1) is 0 Å². The largest absolute Gasteiger partial charge is 0.369 e. The average molecular weight is 257 g/mol. The molecule has 0 aliphatic carbocycles. The van der Waals surface area contributed by atoms with Gasteiger partial charge in [0.05, 0.1) is 5.69 Å². The fourth-order valence-corrected chi connectivity index (χ4v) is 1.71. The number of benzene rings is 2. The number of guanidine groups is 1. The molecule has 0 atom stereocenters. The lowest BCUT2D eigenvalue weighted by molar-refractivity contribution is 0.492. The quantitative estimate of drug-likeness (QED) is 0.678. The van der Waals surface area contributed by atoms with Crippen LogP contribution in [0.2, 0.25) is 0 Å². The predicted molar refractivity (Wildman–Crippen MR) is 75.6 cm³/mol. The summed E-state index contributed by atoms with van der Waals surface area (Å²) in [5, 5.41) is 0. The van der Waals surface area contributed by atoms with Crippen LogP contribution < -0.4 is 5.73 Å². The monoisotopic (exact) mass is 257 g/mol. The summed E-state index contributed by atoms with van der Waals surface area (Å²) in [6.45, 7) is 0.514. The second-order valence-corrected chi connectivity index (χ2v) is 4.29. The van der Waals surface area contributed by atoms with E-state index in [1.807, 2.05) is 43.4 Å². The van der Waals surface area contributed by atoms with E-state index in [0.29, 0.717) is 12.5 Å². The Bertz CT molecular complexity index is 567. The van der Waals surface area contributed by atoms with Crippen LogP contribution in [0, 0.1) is 5.82 Å². The molecule has 2 aromatic carbocycles. The van der Waals surface area contributed by atoms with E-state index in [1.165, 1.54) is 12.1 Å². The minimum atomic E-state index is -0.246. The molecule has 0 bridgehead atoms. The molecule has 19 heavy (non-hydrogen) atoms. The van der Waals surface area contributed by atoms with Crippen molar-refractivity contribution < 1.29 is 4.39 Å². The van der Waals surface area contributed by atoms with Crippen molar-refractivity contribution in [3.05, 3.63) is 66.0 Å². The Hall–Kier alpha value is -2.36. The summed E-state index contributed by atoms with van der Waals surface area (Å²) in [5.74, 6) is 0.153. The number of para-hydroxylation sites is 1. The van der Waals surface area contributed by atoms with Gasteiger partial charge in [0.15, 0.2) is 5.96 Å². The van der Waals surface area contributed by atoms with E-state index in [9.17, 15) is 4.39 Å². The molecular weight excluding hydrogens is 241 g/mol. The molecule has 4 heteroatoms. The van der Waals surface area contributed by atoms with Crippen molar-refractivity contribution in [3.63, 3.8) is 0 Å². The topological polar surface area (TPSA) is 41.6 Å². The Kier molecular flexibility index (Phi) is 4.13. The molecule has 0 saturated carbocycles. The highest BCUT2D eigenvalue weighted by atomic mass is 19.1. The summed E-state index contributed by atoms with van der Waals surface area (Å²) >= 11 is 0. The van der Waals surface area contributed by atoms with Crippen LogP contribution in [0.25, 0.3) is 0 Å². The van der Waals surface area contributed by atoms with Gasteiger partial charge in [-0.1, -0.05) is 30.3 Å². The zero-order chi connectivity index (χ0) is 13.7. The molecule has 0 fully saturated rings. The summed E-state index contributed by atoms with van der Waals surface area (Å²) in [5.41, 5.74) is 7.57. The number of nitrogens with zero attached hydrogens (tertiary/aromatic N) is 2. The van der Waals surface area contributed by atoms with Crippen molar-refractivity contribution in [2.75, 3.05) is 7.05 Å². The third-order valence-corrected chi connectivity index (χ3v) is 2.70. The normalized spacial score (nSPS) is 11.4. The van der Waals surface area contributed by atoms with Gasteiger partial charge in [0, 0.05) is 13.6 Å². The van der Waals surface area contributed by atoms with Crippen molar-refractivity contribution in [1.82, 2.24) is 4.90 Å². The number of rotatable bonds is 3. The number of halogens is 1. The van der Waals surface area contributed by atoms with Gasteiger partial charge < -0.3 is 10.6 Å². The van der Waals surface area contributed by atoms with Gasteiger partial charge in [0.1, 0.15) is 5.82 Å². The van der Waals surface area contributed by atoms with Crippen molar-refractivity contribution >= 4 is 11.6 Å². The minimum Gasteiger partial charge on any atom is -0.369 e. The number of nitrogens with two attached hydrogens (primary N) is 1. The number of hydrogen-bond acceptors (Lipinski definition) is 1. The van der Waals surface area contributed by atoms with Crippen molar-refractivity contribution in [2.45, 2.75) is 6.54 Å². The first-order chi connectivity index (χ1) is 9.15. The van der Waals surface area contributed by atoms with E-state index in [-0.39, 0.29) is 5.82 Å². The molecule has 0 aliphatic heterocycles. The van der Waals surface area contributed by atoms with Crippen LogP contribution in [0.1, 0.15) is 5.56 Å². The fraction of sp³-hybridized carbons (Fsp3) is 0.133. The summed E-state index contributed by atoms with van der Waals surface area (Å²) in [6.07, 6.45) is 0. The smallest absolute Gasteiger partial charge is 0.196 e. The molecule has 0 aromatic heterocycles. The van der Waals surface area contributed by atoms with E-state index in [4.69, 9.17) is 5.73 Å². The van der Waals surface area contributed by atoms with Crippen LogP contribution >= 0.6 is 0 Å². The molecule has 0 heterocycles. The van der Waals surface area contributed by atoms with E-state index in [0.717, 1.165) is 11.3 Å². The maximum Gasteiger partial charge on any atom is 0.196 e. The van der Waals surface area contributed by atoms with Crippen LogP contribution in [0.5, 0.6) is 0 Å². The molecule has 0 radical (unpaired) electrons. The van der Waals surface area contributed by atoms with Gasteiger partial charge in [-0.05, 0) is 29.8 Å². The molecule has 3 nitrogen and oxygen atoms in total. The Balaban J connectivity index is 2.07. The van der Waals surface area contributed by atoms with Gasteiger partial charge in [0.2, 0.25) is 0 Å². The van der Waals surface area contributed by atoms with Crippen molar-refractivity contribution in [2.24, 2.45) is 10.7 Å². The van der Waals surface area contributed by atoms with E-state index in [1.54, 1.807) is 11.0 Å². The molecule has 98 valence electrons. The van der Waals surface area contributed by atoms with Crippen LogP contribution in [0.3, 0.4) is 0 Å². The van der Waals surface area contributed by atoms with E-state index >= 15 is 0 Å². The van der Waals surface area contributed by atoms with Crippen molar-refractivity contribution in [3.8, 4) is 0 Å². The van der Waals surface area contributed by atoms with Gasteiger partial charge in [-0.3, -0.25) is 0 Å². The third-order valence-electron chi connectivity index (χ3n) is 2.70.